The summed E-state index contributed by atoms with van der Waals surface area (Å²) in [6.45, 7) is 5.55. The summed E-state index contributed by atoms with van der Waals surface area (Å²) in [6.07, 6.45) is 1.62. The van der Waals surface area contributed by atoms with E-state index in [4.69, 9.17) is 4.74 Å². The second kappa shape index (κ2) is 6.26. The fraction of sp³-hybridized carbons (Fsp3) is 0.250. The highest BCUT2D eigenvalue weighted by molar-refractivity contribution is 5.95. The van der Waals surface area contributed by atoms with Crippen LogP contribution in [-0.4, -0.2) is 23.5 Å². The molecule has 0 fully saturated rings. The molecular formula is C16H18N2O3. The molecule has 0 aliphatic rings. The predicted octanol–water partition coefficient (Wildman–Crippen LogP) is 2.74. The summed E-state index contributed by atoms with van der Waals surface area (Å²) in [5.41, 5.74) is 4.20. The van der Waals surface area contributed by atoms with E-state index >= 15 is 0 Å². The Morgan fingerprint density at radius 3 is 2.43 bits per heavy atom. The van der Waals surface area contributed by atoms with Crippen LogP contribution in [0.15, 0.2) is 30.5 Å². The topological polar surface area (TPSA) is 71.2 Å². The number of benzene rings is 1. The predicted molar refractivity (Wildman–Crippen MR) is 80.4 cm³/mol. The first-order valence-electron chi connectivity index (χ1n) is 6.65. The molecule has 110 valence electrons. The molecule has 5 nitrogen and oxygen atoms in total. The third kappa shape index (κ3) is 3.72. The summed E-state index contributed by atoms with van der Waals surface area (Å²) in [7, 11) is 0. The maximum Gasteiger partial charge on any atom is 0.355 e. The summed E-state index contributed by atoms with van der Waals surface area (Å²) < 4.78 is 4.94. The highest BCUT2D eigenvalue weighted by atomic mass is 16.5. The summed E-state index contributed by atoms with van der Waals surface area (Å²) in [4.78, 5) is 26.2. The van der Waals surface area contributed by atoms with Gasteiger partial charge in [0.2, 0.25) is 0 Å². The van der Waals surface area contributed by atoms with Crippen LogP contribution in [0.2, 0.25) is 0 Å². The van der Waals surface area contributed by atoms with Crippen molar-refractivity contribution in [1.29, 1.82) is 0 Å². The Hall–Kier alpha value is -2.56. The first-order chi connectivity index (χ1) is 9.97. The molecule has 2 N–H and O–H groups in total. The van der Waals surface area contributed by atoms with Crippen molar-refractivity contribution in [2.24, 2.45) is 0 Å². The fourth-order valence-corrected chi connectivity index (χ4v) is 2.22. The molecule has 0 aliphatic carbocycles. The summed E-state index contributed by atoms with van der Waals surface area (Å²) in [6, 6.07) is 7.27. The zero-order valence-corrected chi connectivity index (χ0v) is 12.3. The zero-order chi connectivity index (χ0) is 15.4. The minimum absolute atomic E-state index is 0.315. The summed E-state index contributed by atoms with van der Waals surface area (Å²) in [5.74, 6) is -0.905. The molecule has 0 atom stereocenters. The van der Waals surface area contributed by atoms with Gasteiger partial charge in [0.05, 0.1) is 0 Å². The van der Waals surface area contributed by atoms with Crippen molar-refractivity contribution in [2.75, 3.05) is 11.9 Å². The highest BCUT2D eigenvalue weighted by Gasteiger charge is 2.12. The normalized spacial score (nSPS) is 10.2. The number of hydrogen-bond donors (Lipinski definition) is 2. The fourth-order valence-electron chi connectivity index (χ4n) is 2.22. The summed E-state index contributed by atoms with van der Waals surface area (Å²) in [5, 5.41) is 2.78. The average Bonchev–Trinajstić information content (AvgIpc) is 2.94. The van der Waals surface area contributed by atoms with Gasteiger partial charge in [0.25, 0.3) is 5.91 Å². The van der Waals surface area contributed by atoms with Gasteiger partial charge in [-0.3, -0.25) is 4.79 Å². The SMILES string of the molecule is Cc1cc(C)c(NC(=O)COC(=O)c2ccc[nH]2)c(C)c1. The van der Waals surface area contributed by atoms with Crippen molar-refractivity contribution in [3.8, 4) is 0 Å². The number of esters is 1. The molecule has 0 aliphatic heterocycles. The minimum Gasteiger partial charge on any atom is -0.451 e. The van der Waals surface area contributed by atoms with Crippen LogP contribution in [0.25, 0.3) is 0 Å². The number of H-pyrrole nitrogens is 1. The monoisotopic (exact) mass is 286 g/mol. The van der Waals surface area contributed by atoms with Crippen LogP contribution in [0.1, 0.15) is 27.2 Å². The number of anilines is 1. The largest absolute Gasteiger partial charge is 0.451 e. The van der Waals surface area contributed by atoms with Gasteiger partial charge >= 0.3 is 5.97 Å². The van der Waals surface area contributed by atoms with Gasteiger partial charge in [-0.1, -0.05) is 17.7 Å². The molecule has 21 heavy (non-hydrogen) atoms. The van der Waals surface area contributed by atoms with Gasteiger partial charge in [-0.05, 0) is 44.0 Å². The summed E-state index contributed by atoms with van der Waals surface area (Å²) >= 11 is 0. The van der Waals surface area contributed by atoms with E-state index < -0.39 is 5.97 Å². The Kier molecular flexibility index (Phi) is 4.42. The van der Waals surface area contributed by atoms with Crippen molar-refractivity contribution in [3.05, 3.63) is 52.8 Å². The second-order valence-electron chi connectivity index (χ2n) is 4.98. The molecule has 1 amide bonds. The van der Waals surface area contributed by atoms with E-state index in [0.717, 1.165) is 22.4 Å². The number of aromatic amines is 1. The smallest absolute Gasteiger partial charge is 0.355 e. The lowest BCUT2D eigenvalue weighted by Gasteiger charge is -2.12. The van der Waals surface area contributed by atoms with E-state index in [2.05, 4.69) is 10.3 Å². The molecule has 0 saturated carbocycles. The van der Waals surface area contributed by atoms with Gasteiger partial charge in [0.15, 0.2) is 6.61 Å². The third-order valence-electron chi connectivity index (χ3n) is 3.09. The molecule has 5 heteroatoms. The quantitative estimate of drug-likeness (QED) is 0.849. The van der Waals surface area contributed by atoms with Crippen molar-refractivity contribution in [3.63, 3.8) is 0 Å². The van der Waals surface area contributed by atoms with E-state index in [0.29, 0.717) is 5.69 Å². The van der Waals surface area contributed by atoms with Gasteiger partial charge in [0, 0.05) is 11.9 Å². The Bertz CT molecular complexity index is 637. The molecule has 0 radical (unpaired) electrons. The zero-order valence-electron chi connectivity index (χ0n) is 12.3. The Labute approximate surface area is 123 Å². The van der Waals surface area contributed by atoms with Crippen LogP contribution < -0.4 is 5.32 Å². The minimum atomic E-state index is -0.549. The Balaban J connectivity index is 1.95. The first kappa shape index (κ1) is 14.8. The number of nitrogens with one attached hydrogen (secondary N) is 2. The van der Waals surface area contributed by atoms with Gasteiger partial charge in [-0.15, -0.1) is 0 Å². The van der Waals surface area contributed by atoms with E-state index in [-0.39, 0.29) is 12.5 Å². The maximum absolute atomic E-state index is 11.9. The van der Waals surface area contributed by atoms with Crippen molar-refractivity contribution >= 4 is 17.6 Å². The van der Waals surface area contributed by atoms with E-state index in [1.807, 2.05) is 32.9 Å². The van der Waals surface area contributed by atoms with Gasteiger partial charge < -0.3 is 15.0 Å². The lowest BCUT2D eigenvalue weighted by atomic mass is 10.1. The van der Waals surface area contributed by atoms with Crippen LogP contribution in [0, 0.1) is 20.8 Å². The Morgan fingerprint density at radius 1 is 1.19 bits per heavy atom. The number of aromatic nitrogens is 1. The number of carbonyl (C=O) groups is 2. The third-order valence-corrected chi connectivity index (χ3v) is 3.09. The molecular weight excluding hydrogens is 268 g/mol. The maximum atomic E-state index is 11.9. The molecule has 0 saturated heterocycles. The van der Waals surface area contributed by atoms with Crippen LogP contribution in [0.5, 0.6) is 0 Å². The molecule has 0 bridgehead atoms. The number of rotatable bonds is 4. The van der Waals surface area contributed by atoms with E-state index in [9.17, 15) is 9.59 Å². The lowest BCUT2D eigenvalue weighted by molar-refractivity contribution is -0.119. The second-order valence-corrected chi connectivity index (χ2v) is 4.98. The standard InChI is InChI=1S/C16H18N2O3/c1-10-7-11(2)15(12(3)8-10)18-14(19)9-21-16(20)13-5-4-6-17-13/h4-8,17H,9H2,1-3H3,(H,18,19). The number of aryl methyl sites for hydroxylation is 3. The first-order valence-corrected chi connectivity index (χ1v) is 6.65. The Morgan fingerprint density at radius 2 is 1.86 bits per heavy atom. The van der Waals surface area contributed by atoms with Gasteiger partial charge in [-0.25, -0.2) is 4.79 Å². The average molecular weight is 286 g/mol. The van der Waals surface area contributed by atoms with Crippen molar-refractivity contribution in [2.45, 2.75) is 20.8 Å². The van der Waals surface area contributed by atoms with Crippen molar-refractivity contribution < 1.29 is 14.3 Å². The van der Waals surface area contributed by atoms with Crippen molar-refractivity contribution in [1.82, 2.24) is 4.98 Å². The molecule has 0 unspecified atom stereocenters. The molecule has 1 aromatic heterocycles. The van der Waals surface area contributed by atoms with Crippen LogP contribution in [0.3, 0.4) is 0 Å². The lowest BCUT2D eigenvalue weighted by Crippen LogP contribution is -2.22. The molecule has 1 aromatic carbocycles. The van der Waals surface area contributed by atoms with E-state index in [1.54, 1.807) is 18.3 Å². The van der Waals surface area contributed by atoms with Crippen LogP contribution >= 0.6 is 0 Å². The van der Waals surface area contributed by atoms with Gasteiger partial charge in [-0.2, -0.15) is 0 Å². The van der Waals surface area contributed by atoms with E-state index in [1.165, 1.54) is 0 Å². The number of ether oxygens (including phenoxy) is 1. The highest BCUT2D eigenvalue weighted by Crippen LogP contribution is 2.21. The molecule has 2 rings (SSSR count). The molecule has 0 spiro atoms. The number of hydrogen-bond acceptors (Lipinski definition) is 3. The number of amides is 1. The van der Waals surface area contributed by atoms with Crippen LogP contribution in [-0.2, 0) is 9.53 Å². The number of carbonyl (C=O) groups excluding carboxylic acids is 2. The molecule has 2 aromatic rings. The van der Waals surface area contributed by atoms with Gasteiger partial charge in [0.1, 0.15) is 5.69 Å². The molecule has 1 heterocycles. The van der Waals surface area contributed by atoms with Crippen LogP contribution in [0.4, 0.5) is 5.69 Å².